The van der Waals surface area contributed by atoms with Crippen LogP contribution in [0.2, 0.25) is 0 Å². The number of aliphatic carboxylic acids is 1. The summed E-state index contributed by atoms with van der Waals surface area (Å²) in [6.45, 7) is 4.82. The highest BCUT2D eigenvalue weighted by atomic mass is 16.4. The summed E-state index contributed by atoms with van der Waals surface area (Å²) >= 11 is 0. The first kappa shape index (κ1) is 15.0. The minimum absolute atomic E-state index is 0.374. The topological polar surface area (TPSA) is 99.6 Å². The molecular formula is C14H17N3O4. The number of nitrogens with zero attached hydrogens (tertiary/aromatic N) is 2. The van der Waals surface area contributed by atoms with E-state index < -0.39 is 35.4 Å². The van der Waals surface area contributed by atoms with E-state index >= 15 is 0 Å². The van der Waals surface area contributed by atoms with E-state index in [-0.39, 0.29) is 0 Å². The van der Waals surface area contributed by atoms with Crippen molar-refractivity contribution in [3.8, 4) is 0 Å². The maximum absolute atomic E-state index is 12.6. The van der Waals surface area contributed by atoms with Gasteiger partial charge >= 0.3 is 12.0 Å². The lowest BCUT2D eigenvalue weighted by Crippen LogP contribution is -2.49. The lowest BCUT2D eigenvalue weighted by atomic mass is 9.95. The third-order valence-corrected chi connectivity index (χ3v) is 3.56. The molecule has 2 atom stereocenters. The van der Waals surface area contributed by atoms with Gasteiger partial charge in [0.1, 0.15) is 6.04 Å². The predicted molar refractivity (Wildman–Crippen MR) is 73.2 cm³/mol. The number of nitrogens with one attached hydrogen (secondary N) is 1. The molecule has 7 heteroatoms. The number of amides is 3. The molecule has 0 bridgehead atoms. The Hall–Kier alpha value is -2.44. The van der Waals surface area contributed by atoms with Gasteiger partial charge in [-0.15, -0.1) is 0 Å². The average Bonchev–Trinajstić information content (AvgIpc) is 2.64. The van der Waals surface area contributed by atoms with Gasteiger partial charge in [-0.25, -0.2) is 14.5 Å². The number of hydrogen-bond donors (Lipinski definition) is 2. The van der Waals surface area contributed by atoms with E-state index in [1.165, 1.54) is 13.1 Å². The van der Waals surface area contributed by atoms with Crippen molar-refractivity contribution >= 4 is 17.9 Å². The molecule has 2 rings (SSSR count). The summed E-state index contributed by atoms with van der Waals surface area (Å²) in [7, 11) is 0. The van der Waals surface area contributed by atoms with Crippen LogP contribution in [0.4, 0.5) is 4.79 Å². The van der Waals surface area contributed by atoms with Gasteiger partial charge < -0.3 is 10.4 Å². The summed E-state index contributed by atoms with van der Waals surface area (Å²) in [5.41, 5.74) is -0.972. The van der Waals surface area contributed by atoms with Gasteiger partial charge in [0.25, 0.3) is 5.91 Å². The number of aromatic nitrogens is 1. The Bertz CT molecular complexity index is 587. The fraction of sp³-hybridized carbons (Fsp3) is 0.429. The van der Waals surface area contributed by atoms with Gasteiger partial charge in [-0.1, -0.05) is 19.9 Å². The first-order chi connectivity index (χ1) is 9.79. The van der Waals surface area contributed by atoms with Crippen LogP contribution in [0.25, 0.3) is 0 Å². The maximum atomic E-state index is 12.6. The first-order valence-electron chi connectivity index (χ1n) is 6.59. The predicted octanol–water partition coefficient (Wildman–Crippen LogP) is 0.958. The molecule has 7 nitrogen and oxygen atoms in total. The van der Waals surface area contributed by atoms with Crippen molar-refractivity contribution < 1.29 is 19.5 Å². The molecule has 1 saturated heterocycles. The van der Waals surface area contributed by atoms with E-state index in [0.29, 0.717) is 5.69 Å². The molecule has 0 radical (unpaired) electrons. The molecule has 1 aliphatic rings. The molecule has 0 aliphatic carbocycles. The van der Waals surface area contributed by atoms with Crippen LogP contribution in [0.3, 0.4) is 0 Å². The quantitative estimate of drug-likeness (QED) is 0.805. The van der Waals surface area contributed by atoms with Gasteiger partial charge in [0.2, 0.25) is 0 Å². The Morgan fingerprint density at radius 2 is 2.05 bits per heavy atom. The molecule has 1 fully saturated rings. The standard InChI is InChI=1S/C14H17N3O4/c1-8(2)10(11(18)19)17-12(20)14(3,16-13(17)21)9-6-4-5-7-15-9/h4-8,10H,1-3H3,(H,16,21)(H,18,19). The number of carbonyl (C=O) groups is 3. The zero-order valence-electron chi connectivity index (χ0n) is 12.0. The van der Waals surface area contributed by atoms with Crippen LogP contribution in [0.1, 0.15) is 26.5 Å². The molecule has 2 heterocycles. The first-order valence-corrected chi connectivity index (χ1v) is 6.59. The number of rotatable bonds is 4. The molecule has 0 saturated carbocycles. The van der Waals surface area contributed by atoms with Crippen molar-refractivity contribution in [2.24, 2.45) is 5.92 Å². The van der Waals surface area contributed by atoms with Gasteiger partial charge in [-0.2, -0.15) is 0 Å². The van der Waals surface area contributed by atoms with Crippen molar-refractivity contribution in [1.29, 1.82) is 0 Å². The van der Waals surface area contributed by atoms with Gasteiger partial charge in [-0.3, -0.25) is 9.78 Å². The van der Waals surface area contributed by atoms with Crippen molar-refractivity contribution in [3.05, 3.63) is 30.1 Å². The third-order valence-electron chi connectivity index (χ3n) is 3.56. The highest BCUT2D eigenvalue weighted by Crippen LogP contribution is 2.30. The minimum Gasteiger partial charge on any atom is -0.480 e. The molecule has 2 unspecified atom stereocenters. The van der Waals surface area contributed by atoms with Crippen LogP contribution >= 0.6 is 0 Å². The zero-order valence-corrected chi connectivity index (χ0v) is 12.0. The molecular weight excluding hydrogens is 274 g/mol. The molecule has 2 N–H and O–H groups in total. The summed E-state index contributed by atoms with van der Waals surface area (Å²) in [6, 6.07) is 3.09. The number of hydrogen-bond acceptors (Lipinski definition) is 4. The summed E-state index contributed by atoms with van der Waals surface area (Å²) in [5.74, 6) is -2.21. The van der Waals surface area contributed by atoms with Gasteiger partial charge in [0.15, 0.2) is 5.54 Å². The lowest BCUT2D eigenvalue weighted by molar-refractivity contribution is -0.149. The third kappa shape index (κ3) is 2.35. The monoisotopic (exact) mass is 291 g/mol. The van der Waals surface area contributed by atoms with Gasteiger partial charge in [0, 0.05) is 6.20 Å². The van der Waals surface area contributed by atoms with Gasteiger partial charge in [0.05, 0.1) is 5.69 Å². The molecule has 0 aromatic carbocycles. The summed E-state index contributed by atoms with van der Waals surface area (Å²) < 4.78 is 0. The van der Waals surface area contributed by atoms with Crippen molar-refractivity contribution in [2.45, 2.75) is 32.4 Å². The highest BCUT2D eigenvalue weighted by molar-refractivity contribution is 6.09. The largest absolute Gasteiger partial charge is 0.480 e. The second-order valence-corrected chi connectivity index (χ2v) is 5.47. The molecule has 3 amide bonds. The van der Waals surface area contributed by atoms with Crippen LogP contribution in [0.15, 0.2) is 24.4 Å². The number of carboxylic acids is 1. The number of urea groups is 1. The fourth-order valence-corrected chi connectivity index (χ4v) is 2.44. The van der Waals surface area contributed by atoms with Crippen LogP contribution in [0, 0.1) is 5.92 Å². The van der Waals surface area contributed by atoms with E-state index in [2.05, 4.69) is 10.3 Å². The summed E-state index contributed by atoms with van der Waals surface area (Å²) in [5, 5.41) is 11.8. The zero-order chi connectivity index (χ0) is 15.8. The second-order valence-electron chi connectivity index (χ2n) is 5.47. The number of pyridine rings is 1. The van der Waals surface area contributed by atoms with E-state index in [4.69, 9.17) is 0 Å². The number of carboxylic acid groups (broad SMARTS) is 1. The van der Waals surface area contributed by atoms with Crippen molar-refractivity contribution in [2.75, 3.05) is 0 Å². The van der Waals surface area contributed by atoms with E-state index in [0.717, 1.165) is 4.90 Å². The molecule has 21 heavy (non-hydrogen) atoms. The molecule has 1 aliphatic heterocycles. The SMILES string of the molecule is CC(C)C(C(=O)O)N1C(=O)NC(C)(c2ccccn2)C1=O. The fourth-order valence-electron chi connectivity index (χ4n) is 2.44. The Morgan fingerprint density at radius 3 is 2.52 bits per heavy atom. The van der Waals surface area contributed by atoms with Crippen molar-refractivity contribution in [3.63, 3.8) is 0 Å². The Labute approximate surface area is 122 Å². The molecule has 1 aromatic heterocycles. The Kier molecular flexibility index (Phi) is 3.67. The van der Waals surface area contributed by atoms with E-state index in [9.17, 15) is 19.5 Å². The minimum atomic E-state index is -1.35. The number of carbonyl (C=O) groups excluding carboxylic acids is 2. The van der Waals surface area contributed by atoms with Crippen LogP contribution < -0.4 is 5.32 Å². The maximum Gasteiger partial charge on any atom is 0.327 e. The van der Waals surface area contributed by atoms with Crippen LogP contribution in [-0.2, 0) is 15.1 Å². The Morgan fingerprint density at radius 1 is 1.38 bits per heavy atom. The van der Waals surface area contributed by atoms with E-state index in [1.54, 1.807) is 32.0 Å². The molecule has 1 aromatic rings. The van der Waals surface area contributed by atoms with E-state index in [1.807, 2.05) is 0 Å². The molecule has 0 spiro atoms. The van der Waals surface area contributed by atoms with Gasteiger partial charge in [-0.05, 0) is 25.0 Å². The van der Waals surface area contributed by atoms with Crippen molar-refractivity contribution in [1.82, 2.24) is 15.2 Å². The van der Waals surface area contributed by atoms with Crippen LogP contribution in [-0.4, -0.2) is 38.9 Å². The highest BCUT2D eigenvalue weighted by Gasteiger charge is 2.54. The normalized spacial score (nSPS) is 23.3. The smallest absolute Gasteiger partial charge is 0.327 e. The molecule has 112 valence electrons. The average molecular weight is 291 g/mol. The second kappa shape index (κ2) is 5.16. The Balaban J connectivity index is 2.43. The van der Waals surface area contributed by atoms with Crippen LogP contribution in [0.5, 0.6) is 0 Å². The lowest BCUT2D eigenvalue weighted by Gasteiger charge is -2.26. The summed E-state index contributed by atoms with van der Waals surface area (Å²) in [6.07, 6.45) is 1.51. The summed E-state index contributed by atoms with van der Waals surface area (Å²) in [4.78, 5) is 41.0. The number of imide groups is 1.